The fourth-order valence-electron chi connectivity index (χ4n) is 3.03. The number of hydrogen-bond acceptors (Lipinski definition) is 2. The van der Waals surface area contributed by atoms with E-state index in [-0.39, 0.29) is 18.4 Å². The van der Waals surface area contributed by atoms with Crippen molar-refractivity contribution in [1.29, 1.82) is 0 Å². The zero-order valence-corrected chi connectivity index (χ0v) is 13.9. The minimum absolute atomic E-state index is 0.199. The molecule has 2 rings (SSSR count). The Labute approximate surface area is 138 Å². The highest BCUT2D eigenvalue weighted by Gasteiger charge is 2.22. The SMILES string of the molecule is O=C(CCCCCc1ccc(Cl)cc1)N1CCCC(CO)C1. The molecule has 1 saturated heterocycles. The number of amides is 1. The highest BCUT2D eigenvalue weighted by atomic mass is 35.5. The number of aliphatic hydroxyl groups excluding tert-OH is 1. The normalized spacial score (nSPS) is 18.5. The van der Waals surface area contributed by atoms with Crippen LogP contribution in [0.4, 0.5) is 0 Å². The Morgan fingerprint density at radius 3 is 2.73 bits per heavy atom. The number of carbonyl (C=O) groups is 1. The van der Waals surface area contributed by atoms with Gasteiger partial charge in [0.2, 0.25) is 5.91 Å². The van der Waals surface area contributed by atoms with Gasteiger partial charge in [-0.05, 0) is 55.7 Å². The Hall–Kier alpha value is -1.06. The molecule has 1 N–H and O–H groups in total. The second-order valence-corrected chi connectivity index (χ2v) is 6.65. The molecule has 1 aliphatic rings. The van der Waals surface area contributed by atoms with E-state index in [1.54, 1.807) is 0 Å². The van der Waals surface area contributed by atoms with Gasteiger partial charge in [-0.2, -0.15) is 0 Å². The molecule has 1 aromatic carbocycles. The van der Waals surface area contributed by atoms with E-state index in [1.165, 1.54) is 5.56 Å². The van der Waals surface area contributed by atoms with Crippen LogP contribution in [-0.2, 0) is 11.2 Å². The largest absolute Gasteiger partial charge is 0.396 e. The van der Waals surface area contributed by atoms with Crippen LogP contribution in [0.5, 0.6) is 0 Å². The lowest BCUT2D eigenvalue weighted by molar-refractivity contribution is -0.133. The van der Waals surface area contributed by atoms with Crippen LogP contribution < -0.4 is 0 Å². The van der Waals surface area contributed by atoms with E-state index >= 15 is 0 Å². The Kier molecular flexibility index (Phi) is 7.20. The van der Waals surface area contributed by atoms with Crippen molar-refractivity contribution in [3.63, 3.8) is 0 Å². The number of halogens is 1. The second kappa shape index (κ2) is 9.16. The number of rotatable bonds is 7. The number of nitrogens with zero attached hydrogens (tertiary/aromatic N) is 1. The van der Waals surface area contributed by atoms with Gasteiger partial charge in [-0.1, -0.05) is 30.2 Å². The number of aliphatic hydroxyl groups is 1. The van der Waals surface area contributed by atoms with Crippen LogP contribution in [0.2, 0.25) is 5.02 Å². The van der Waals surface area contributed by atoms with E-state index in [2.05, 4.69) is 12.1 Å². The predicted octanol–water partition coefficient (Wildman–Crippen LogP) is 3.67. The van der Waals surface area contributed by atoms with Gasteiger partial charge in [-0.25, -0.2) is 0 Å². The molecule has 1 atom stereocenters. The third kappa shape index (κ3) is 5.62. The van der Waals surface area contributed by atoms with Crippen LogP contribution in [0, 0.1) is 5.92 Å². The Balaban J connectivity index is 1.60. The van der Waals surface area contributed by atoms with Crippen LogP contribution >= 0.6 is 11.6 Å². The maximum atomic E-state index is 12.2. The van der Waals surface area contributed by atoms with Crippen molar-refractivity contribution in [1.82, 2.24) is 4.90 Å². The van der Waals surface area contributed by atoms with Gasteiger partial charge in [0.1, 0.15) is 0 Å². The molecule has 122 valence electrons. The number of benzene rings is 1. The van der Waals surface area contributed by atoms with Crippen LogP contribution in [0.3, 0.4) is 0 Å². The van der Waals surface area contributed by atoms with Gasteiger partial charge >= 0.3 is 0 Å². The quantitative estimate of drug-likeness (QED) is 0.778. The molecule has 3 nitrogen and oxygen atoms in total. The number of carbonyl (C=O) groups excluding carboxylic acids is 1. The molecule has 1 heterocycles. The summed E-state index contributed by atoms with van der Waals surface area (Å²) in [4.78, 5) is 14.1. The third-order valence-electron chi connectivity index (χ3n) is 4.40. The van der Waals surface area contributed by atoms with Crippen molar-refractivity contribution >= 4 is 17.5 Å². The summed E-state index contributed by atoms with van der Waals surface area (Å²) >= 11 is 5.87. The van der Waals surface area contributed by atoms with Crippen molar-refractivity contribution in [2.45, 2.75) is 44.9 Å². The monoisotopic (exact) mass is 323 g/mol. The first-order valence-corrected chi connectivity index (χ1v) is 8.70. The molecule has 0 bridgehead atoms. The van der Waals surface area contributed by atoms with E-state index in [4.69, 9.17) is 11.6 Å². The van der Waals surface area contributed by atoms with Crippen molar-refractivity contribution in [3.05, 3.63) is 34.9 Å². The minimum atomic E-state index is 0.199. The molecule has 1 unspecified atom stereocenters. The van der Waals surface area contributed by atoms with Crippen LogP contribution in [0.25, 0.3) is 0 Å². The van der Waals surface area contributed by atoms with Gasteiger partial charge in [-0.3, -0.25) is 4.79 Å². The first-order chi connectivity index (χ1) is 10.7. The Morgan fingerprint density at radius 2 is 2.00 bits per heavy atom. The van der Waals surface area contributed by atoms with Gasteiger partial charge < -0.3 is 10.0 Å². The lowest BCUT2D eigenvalue weighted by Gasteiger charge is -2.32. The third-order valence-corrected chi connectivity index (χ3v) is 4.65. The first-order valence-electron chi connectivity index (χ1n) is 8.32. The lowest BCUT2D eigenvalue weighted by atomic mass is 9.98. The molecule has 0 aromatic heterocycles. The molecule has 0 spiro atoms. The highest BCUT2D eigenvalue weighted by molar-refractivity contribution is 6.30. The standard InChI is InChI=1S/C18H26ClNO2/c19-17-10-8-15(9-11-17)5-2-1-3-7-18(22)20-12-4-6-16(13-20)14-21/h8-11,16,21H,1-7,12-14H2. The number of unbranched alkanes of at least 4 members (excludes halogenated alkanes) is 2. The van der Waals surface area contributed by atoms with Crippen LogP contribution in [0.15, 0.2) is 24.3 Å². The fourth-order valence-corrected chi connectivity index (χ4v) is 3.16. The summed E-state index contributed by atoms with van der Waals surface area (Å²) in [5.74, 6) is 0.534. The highest BCUT2D eigenvalue weighted by Crippen LogP contribution is 2.18. The van der Waals surface area contributed by atoms with E-state index in [0.29, 0.717) is 6.42 Å². The summed E-state index contributed by atoms with van der Waals surface area (Å²) in [5, 5.41) is 9.99. The van der Waals surface area contributed by atoms with Crippen molar-refractivity contribution in [3.8, 4) is 0 Å². The van der Waals surface area contributed by atoms with E-state index in [0.717, 1.165) is 56.6 Å². The molecule has 22 heavy (non-hydrogen) atoms. The number of likely N-dealkylation sites (tertiary alicyclic amines) is 1. The first kappa shape index (κ1) is 17.3. The molecule has 1 fully saturated rings. The van der Waals surface area contributed by atoms with E-state index < -0.39 is 0 Å². The molecule has 0 saturated carbocycles. The minimum Gasteiger partial charge on any atom is -0.396 e. The zero-order chi connectivity index (χ0) is 15.8. The van der Waals surface area contributed by atoms with E-state index in [9.17, 15) is 9.90 Å². The molecule has 0 radical (unpaired) electrons. The summed E-state index contributed by atoms with van der Waals surface area (Å²) in [6.45, 7) is 1.80. The lowest BCUT2D eigenvalue weighted by Crippen LogP contribution is -2.40. The van der Waals surface area contributed by atoms with Gasteiger partial charge in [-0.15, -0.1) is 0 Å². The smallest absolute Gasteiger partial charge is 0.222 e. The van der Waals surface area contributed by atoms with Gasteiger partial charge in [0.15, 0.2) is 0 Å². The van der Waals surface area contributed by atoms with Crippen LogP contribution in [-0.4, -0.2) is 35.6 Å². The topological polar surface area (TPSA) is 40.5 Å². The Morgan fingerprint density at radius 1 is 1.23 bits per heavy atom. The average molecular weight is 324 g/mol. The van der Waals surface area contributed by atoms with Crippen molar-refractivity contribution in [2.24, 2.45) is 5.92 Å². The summed E-state index contributed by atoms with van der Waals surface area (Å²) in [6, 6.07) is 7.98. The Bertz CT molecular complexity index is 461. The van der Waals surface area contributed by atoms with E-state index in [1.807, 2.05) is 17.0 Å². The van der Waals surface area contributed by atoms with Crippen molar-refractivity contribution < 1.29 is 9.90 Å². The molecule has 0 aliphatic carbocycles. The maximum absolute atomic E-state index is 12.2. The molecule has 1 aromatic rings. The zero-order valence-electron chi connectivity index (χ0n) is 13.1. The predicted molar refractivity (Wildman–Crippen MR) is 90.0 cm³/mol. The number of piperidine rings is 1. The number of hydrogen-bond donors (Lipinski definition) is 1. The summed E-state index contributed by atoms with van der Waals surface area (Å²) in [7, 11) is 0. The average Bonchev–Trinajstić information content (AvgIpc) is 2.56. The maximum Gasteiger partial charge on any atom is 0.222 e. The van der Waals surface area contributed by atoms with Gasteiger partial charge in [0.25, 0.3) is 0 Å². The summed E-state index contributed by atoms with van der Waals surface area (Å²) in [6.07, 6.45) is 6.88. The summed E-state index contributed by atoms with van der Waals surface area (Å²) in [5.41, 5.74) is 1.30. The molecule has 1 aliphatic heterocycles. The molecular weight excluding hydrogens is 298 g/mol. The second-order valence-electron chi connectivity index (χ2n) is 6.22. The molecular formula is C18H26ClNO2. The molecule has 1 amide bonds. The molecule has 4 heteroatoms. The summed E-state index contributed by atoms with van der Waals surface area (Å²) < 4.78 is 0. The van der Waals surface area contributed by atoms with Gasteiger partial charge in [0, 0.05) is 31.1 Å². The number of aryl methyl sites for hydroxylation is 1. The van der Waals surface area contributed by atoms with Crippen LogP contribution in [0.1, 0.15) is 44.1 Å². The fraction of sp³-hybridized carbons (Fsp3) is 0.611. The van der Waals surface area contributed by atoms with Gasteiger partial charge in [0.05, 0.1) is 0 Å². The van der Waals surface area contributed by atoms with Crippen molar-refractivity contribution in [2.75, 3.05) is 19.7 Å².